The number of hydrogen-bond donors (Lipinski definition) is 5. The van der Waals surface area contributed by atoms with Gasteiger partial charge in [-0.2, -0.15) is 0 Å². The van der Waals surface area contributed by atoms with Crippen LogP contribution >= 0.6 is 0 Å². The predicted octanol–water partition coefficient (Wildman–Crippen LogP) is 0.520. The van der Waals surface area contributed by atoms with Crippen LogP contribution in [0.1, 0.15) is 25.8 Å². The lowest BCUT2D eigenvalue weighted by atomic mass is 10.1. The quantitative estimate of drug-likeness (QED) is 0.503. The lowest BCUT2D eigenvalue weighted by Crippen LogP contribution is -2.41. The molecule has 4 atom stereocenters. The van der Waals surface area contributed by atoms with E-state index in [0.29, 0.717) is 5.69 Å². The van der Waals surface area contributed by atoms with E-state index in [2.05, 4.69) is 16.0 Å². The van der Waals surface area contributed by atoms with Gasteiger partial charge in [-0.1, -0.05) is 17.7 Å². The Balaban J connectivity index is 1.80. The Hall–Kier alpha value is -2.16. The van der Waals surface area contributed by atoms with E-state index in [1.807, 2.05) is 32.9 Å². The Labute approximate surface area is 152 Å². The maximum Gasteiger partial charge on any atom is 0.319 e. The molecule has 2 rings (SSSR count). The first-order valence-electron chi connectivity index (χ1n) is 8.68. The zero-order chi connectivity index (χ0) is 19.3. The molecule has 1 aromatic carbocycles. The van der Waals surface area contributed by atoms with Crippen LogP contribution in [0, 0.1) is 6.92 Å². The summed E-state index contributed by atoms with van der Waals surface area (Å²) in [5, 5.41) is 28.1. The maximum absolute atomic E-state index is 11.9. The first-order chi connectivity index (χ1) is 12.3. The Morgan fingerprint density at radius 1 is 1.12 bits per heavy atom. The smallest absolute Gasteiger partial charge is 0.319 e. The van der Waals surface area contributed by atoms with E-state index in [1.165, 1.54) is 0 Å². The van der Waals surface area contributed by atoms with E-state index < -0.39 is 30.4 Å². The van der Waals surface area contributed by atoms with Crippen molar-refractivity contribution in [3.8, 4) is 0 Å². The molecule has 1 aliphatic heterocycles. The van der Waals surface area contributed by atoms with Crippen molar-refractivity contribution in [1.29, 1.82) is 0 Å². The summed E-state index contributed by atoms with van der Waals surface area (Å²) in [4.78, 5) is 23.7. The lowest BCUT2D eigenvalue weighted by molar-refractivity contribution is -0.125. The van der Waals surface area contributed by atoms with E-state index in [-0.39, 0.29) is 24.9 Å². The summed E-state index contributed by atoms with van der Waals surface area (Å²) in [6, 6.07) is 6.85. The first-order valence-corrected chi connectivity index (χ1v) is 8.68. The molecule has 0 aromatic heterocycles. The molecule has 1 saturated heterocycles. The van der Waals surface area contributed by atoms with Gasteiger partial charge in [0.25, 0.3) is 0 Å². The third kappa shape index (κ3) is 5.69. The zero-order valence-corrected chi connectivity index (χ0v) is 15.2. The standard InChI is InChI=1S/C18H27N3O5/c1-10(2)20-15(22)8-13-16(23)17(24)14(26-13)9-19-18(25)21-12-6-4-11(3)5-7-12/h4-7,10,13-14,16-17,23-24H,8-9H2,1-3H3,(H,20,22)(H2,19,21,25). The van der Waals surface area contributed by atoms with Crippen molar-refractivity contribution in [2.75, 3.05) is 11.9 Å². The van der Waals surface area contributed by atoms with Crippen molar-refractivity contribution in [3.63, 3.8) is 0 Å². The average Bonchev–Trinajstić information content (AvgIpc) is 2.82. The van der Waals surface area contributed by atoms with Crippen molar-refractivity contribution >= 4 is 17.6 Å². The fourth-order valence-corrected chi connectivity index (χ4v) is 2.73. The number of aliphatic hydroxyl groups is 2. The number of ether oxygens (including phenoxy) is 1. The zero-order valence-electron chi connectivity index (χ0n) is 15.2. The second-order valence-electron chi connectivity index (χ2n) is 6.82. The highest BCUT2D eigenvalue weighted by Crippen LogP contribution is 2.23. The van der Waals surface area contributed by atoms with Crippen LogP contribution in [-0.4, -0.2) is 59.2 Å². The number of urea groups is 1. The Morgan fingerprint density at radius 3 is 2.35 bits per heavy atom. The third-order valence-electron chi connectivity index (χ3n) is 4.07. The number of hydrogen-bond acceptors (Lipinski definition) is 5. The number of rotatable bonds is 6. The van der Waals surface area contributed by atoms with Gasteiger partial charge in [-0.05, 0) is 32.9 Å². The van der Waals surface area contributed by atoms with Gasteiger partial charge >= 0.3 is 6.03 Å². The minimum Gasteiger partial charge on any atom is -0.388 e. The summed E-state index contributed by atoms with van der Waals surface area (Å²) in [6.45, 7) is 5.63. The summed E-state index contributed by atoms with van der Waals surface area (Å²) in [7, 11) is 0. The third-order valence-corrected chi connectivity index (χ3v) is 4.07. The number of nitrogens with one attached hydrogen (secondary N) is 3. The van der Waals surface area contributed by atoms with Crippen LogP contribution in [0.15, 0.2) is 24.3 Å². The van der Waals surface area contributed by atoms with Crippen LogP contribution in [0.25, 0.3) is 0 Å². The van der Waals surface area contributed by atoms with E-state index >= 15 is 0 Å². The van der Waals surface area contributed by atoms with Gasteiger partial charge in [0.1, 0.15) is 18.3 Å². The van der Waals surface area contributed by atoms with E-state index in [9.17, 15) is 19.8 Å². The van der Waals surface area contributed by atoms with Crippen molar-refractivity contribution in [1.82, 2.24) is 10.6 Å². The highest BCUT2D eigenvalue weighted by Gasteiger charge is 2.43. The van der Waals surface area contributed by atoms with Gasteiger partial charge < -0.3 is 30.9 Å². The molecule has 1 heterocycles. The minimum absolute atomic E-state index is 0.0121. The highest BCUT2D eigenvalue weighted by molar-refractivity contribution is 5.89. The highest BCUT2D eigenvalue weighted by atomic mass is 16.5. The number of amides is 3. The summed E-state index contributed by atoms with van der Waals surface area (Å²) in [6.07, 6.45) is -4.00. The van der Waals surface area contributed by atoms with Gasteiger partial charge in [0.05, 0.1) is 12.5 Å². The number of aryl methyl sites for hydroxylation is 1. The molecule has 0 aliphatic carbocycles. The molecule has 1 fully saturated rings. The molecule has 8 nitrogen and oxygen atoms in total. The van der Waals surface area contributed by atoms with Crippen LogP contribution in [0.4, 0.5) is 10.5 Å². The fraction of sp³-hybridized carbons (Fsp3) is 0.556. The van der Waals surface area contributed by atoms with Gasteiger partial charge in [-0.15, -0.1) is 0 Å². The monoisotopic (exact) mass is 365 g/mol. The molecule has 0 spiro atoms. The molecular formula is C18H27N3O5. The average molecular weight is 365 g/mol. The predicted molar refractivity (Wildman–Crippen MR) is 96.8 cm³/mol. The van der Waals surface area contributed by atoms with Crippen molar-refractivity contribution in [2.24, 2.45) is 0 Å². The topological polar surface area (TPSA) is 120 Å². The van der Waals surface area contributed by atoms with Gasteiger partial charge in [-0.25, -0.2) is 4.79 Å². The number of carbonyl (C=O) groups excluding carboxylic acids is 2. The molecule has 8 heteroatoms. The van der Waals surface area contributed by atoms with Crippen LogP contribution in [0.3, 0.4) is 0 Å². The van der Waals surface area contributed by atoms with E-state index in [1.54, 1.807) is 12.1 Å². The van der Waals surface area contributed by atoms with Gasteiger partial charge in [0.15, 0.2) is 0 Å². The lowest BCUT2D eigenvalue weighted by Gasteiger charge is -2.16. The first kappa shape index (κ1) is 20.2. The normalized spacial score (nSPS) is 25.2. The fourth-order valence-electron chi connectivity index (χ4n) is 2.73. The number of aliphatic hydroxyl groups excluding tert-OH is 2. The van der Waals surface area contributed by atoms with Gasteiger partial charge in [-0.3, -0.25) is 4.79 Å². The van der Waals surface area contributed by atoms with Crippen molar-refractivity contribution in [3.05, 3.63) is 29.8 Å². The molecule has 0 radical (unpaired) electrons. The molecule has 5 N–H and O–H groups in total. The molecule has 1 aliphatic rings. The van der Waals surface area contributed by atoms with Gasteiger partial charge in [0, 0.05) is 18.3 Å². The largest absolute Gasteiger partial charge is 0.388 e. The second-order valence-corrected chi connectivity index (χ2v) is 6.82. The van der Waals surface area contributed by atoms with Crippen molar-refractivity contribution < 1.29 is 24.5 Å². The van der Waals surface area contributed by atoms with E-state index in [4.69, 9.17) is 4.74 Å². The Morgan fingerprint density at radius 2 is 1.73 bits per heavy atom. The maximum atomic E-state index is 11.9. The van der Waals surface area contributed by atoms with Crippen LogP contribution in [-0.2, 0) is 9.53 Å². The molecule has 0 saturated carbocycles. The van der Waals surface area contributed by atoms with Gasteiger partial charge in [0.2, 0.25) is 5.91 Å². The molecular weight excluding hydrogens is 338 g/mol. The number of anilines is 1. The minimum atomic E-state index is -1.18. The molecule has 1 aromatic rings. The molecule has 0 bridgehead atoms. The Bertz CT molecular complexity index is 620. The van der Waals surface area contributed by atoms with Crippen LogP contribution in [0.2, 0.25) is 0 Å². The molecule has 26 heavy (non-hydrogen) atoms. The number of benzene rings is 1. The summed E-state index contributed by atoms with van der Waals surface area (Å²) < 4.78 is 5.55. The van der Waals surface area contributed by atoms with Crippen LogP contribution in [0.5, 0.6) is 0 Å². The SMILES string of the molecule is Cc1ccc(NC(=O)NCC2OC(CC(=O)NC(C)C)C(O)C2O)cc1. The summed E-state index contributed by atoms with van der Waals surface area (Å²) in [5.74, 6) is -0.262. The molecule has 4 unspecified atom stereocenters. The summed E-state index contributed by atoms with van der Waals surface area (Å²) >= 11 is 0. The second kappa shape index (κ2) is 8.98. The van der Waals surface area contributed by atoms with E-state index in [0.717, 1.165) is 5.56 Å². The Kier molecular flexibility index (Phi) is 6.96. The number of carbonyl (C=O) groups is 2. The summed E-state index contributed by atoms with van der Waals surface area (Å²) in [5.41, 5.74) is 1.73. The van der Waals surface area contributed by atoms with Crippen LogP contribution < -0.4 is 16.0 Å². The molecule has 144 valence electrons. The van der Waals surface area contributed by atoms with Crippen molar-refractivity contribution in [2.45, 2.75) is 57.6 Å². The molecule has 3 amide bonds.